The van der Waals surface area contributed by atoms with Crippen molar-refractivity contribution in [1.29, 1.82) is 0 Å². The Hall–Kier alpha value is -3.27. The molecule has 0 spiro atoms. The quantitative estimate of drug-likeness (QED) is 0.454. The van der Waals surface area contributed by atoms with Crippen LogP contribution in [-0.2, 0) is 22.5 Å². The van der Waals surface area contributed by atoms with Crippen molar-refractivity contribution in [2.24, 2.45) is 0 Å². The number of nitrogens with one attached hydrogen (secondary N) is 1. The van der Waals surface area contributed by atoms with Gasteiger partial charge in [-0.1, -0.05) is 12.1 Å². The van der Waals surface area contributed by atoms with Crippen LogP contribution in [0.1, 0.15) is 45.0 Å². The largest absolute Gasteiger partial charge is 0.462 e. The molecule has 0 bridgehead atoms. The summed E-state index contributed by atoms with van der Waals surface area (Å²) in [5.74, 6) is -1.34. The first-order valence-corrected chi connectivity index (χ1v) is 9.77. The van der Waals surface area contributed by atoms with Crippen molar-refractivity contribution in [3.63, 3.8) is 0 Å². The van der Waals surface area contributed by atoms with Gasteiger partial charge in [-0.2, -0.15) is 0 Å². The summed E-state index contributed by atoms with van der Waals surface area (Å²) in [5, 5.41) is 14.1. The van der Waals surface area contributed by atoms with Gasteiger partial charge in [0.15, 0.2) is 0 Å². The van der Waals surface area contributed by atoms with Crippen molar-refractivity contribution >= 4 is 39.8 Å². The number of rotatable bonds is 5. The molecule has 29 heavy (non-hydrogen) atoms. The maximum absolute atomic E-state index is 12.7. The first-order valence-electron chi connectivity index (χ1n) is 8.95. The summed E-state index contributed by atoms with van der Waals surface area (Å²) in [7, 11) is 0. The van der Waals surface area contributed by atoms with Crippen molar-refractivity contribution in [1.82, 2.24) is 4.90 Å². The number of carbonyl (C=O) groups excluding carboxylic acids is 3. The molecule has 0 saturated heterocycles. The molecule has 2 heterocycles. The number of fused-ring (bicyclic) bond motifs is 1. The Balaban J connectivity index is 1.99. The SMILES string of the molecule is CCOC(=O)c1c(NC(=O)c2ccccc2[N+](=O)[O-])sc2c1CCN(C(C)=O)C2. The molecule has 1 N–H and O–H groups in total. The number of anilines is 1. The highest BCUT2D eigenvalue weighted by Gasteiger charge is 2.31. The minimum Gasteiger partial charge on any atom is -0.462 e. The minimum atomic E-state index is -0.690. The van der Waals surface area contributed by atoms with Crippen molar-refractivity contribution in [2.75, 3.05) is 18.5 Å². The summed E-state index contributed by atoms with van der Waals surface area (Å²) < 4.78 is 5.14. The molecular weight excluding hydrogens is 398 g/mol. The van der Waals surface area contributed by atoms with Crippen molar-refractivity contribution in [3.8, 4) is 0 Å². The van der Waals surface area contributed by atoms with E-state index in [1.807, 2.05) is 0 Å². The van der Waals surface area contributed by atoms with Gasteiger partial charge in [0.05, 0.1) is 23.6 Å². The third-order valence-corrected chi connectivity index (χ3v) is 5.69. The van der Waals surface area contributed by atoms with E-state index >= 15 is 0 Å². The lowest BCUT2D eigenvalue weighted by atomic mass is 10.0. The van der Waals surface area contributed by atoms with Crippen molar-refractivity contribution < 1.29 is 24.0 Å². The molecule has 10 heteroatoms. The van der Waals surface area contributed by atoms with Gasteiger partial charge in [-0.25, -0.2) is 4.79 Å². The van der Waals surface area contributed by atoms with Gasteiger partial charge in [0.2, 0.25) is 5.91 Å². The van der Waals surface area contributed by atoms with E-state index in [0.717, 1.165) is 10.4 Å². The number of benzene rings is 1. The summed E-state index contributed by atoms with van der Waals surface area (Å²) >= 11 is 1.18. The number of nitrogens with zero attached hydrogens (tertiary/aromatic N) is 2. The molecule has 1 aromatic heterocycles. The average molecular weight is 417 g/mol. The molecule has 0 unspecified atom stereocenters. The summed E-state index contributed by atoms with van der Waals surface area (Å²) in [4.78, 5) is 50.0. The Morgan fingerprint density at radius 1 is 1.31 bits per heavy atom. The van der Waals surface area contributed by atoms with Gasteiger partial charge in [0, 0.05) is 24.4 Å². The van der Waals surface area contributed by atoms with Crippen LogP contribution < -0.4 is 5.32 Å². The molecule has 9 nitrogen and oxygen atoms in total. The van der Waals surface area contributed by atoms with Crippen LogP contribution in [0.3, 0.4) is 0 Å². The third-order valence-electron chi connectivity index (χ3n) is 4.55. The van der Waals surface area contributed by atoms with E-state index < -0.39 is 16.8 Å². The molecule has 2 amide bonds. The van der Waals surface area contributed by atoms with E-state index in [9.17, 15) is 24.5 Å². The molecule has 0 fully saturated rings. The Kier molecular flexibility index (Phi) is 5.92. The highest BCUT2D eigenvalue weighted by molar-refractivity contribution is 7.17. The number of esters is 1. The third kappa shape index (κ3) is 4.11. The fraction of sp³-hybridized carbons (Fsp3) is 0.316. The van der Waals surface area contributed by atoms with Gasteiger partial charge in [-0.3, -0.25) is 19.7 Å². The molecule has 3 rings (SSSR count). The van der Waals surface area contributed by atoms with Crippen LogP contribution in [0, 0.1) is 10.1 Å². The van der Waals surface area contributed by atoms with Crippen LogP contribution in [0.4, 0.5) is 10.7 Å². The summed E-state index contributed by atoms with van der Waals surface area (Å²) in [6.45, 7) is 4.12. The second-order valence-electron chi connectivity index (χ2n) is 6.35. The molecule has 0 atom stereocenters. The zero-order valence-corrected chi connectivity index (χ0v) is 16.7. The fourth-order valence-corrected chi connectivity index (χ4v) is 4.42. The molecular formula is C19H19N3O6S. The Morgan fingerprint density at radius 2 is 2.03 bits per heavy atom. The number of amides is 2. The van der Waals surface area contributed by atoms with Crippen LogP contribution in [-0.4, -0.2) is 40.8 Å². The van der Waals surface area contributed by atoms with E-state index in [1.54, 1.807) is 11.8 Å². The van der Waals surface area contributed by atoms with Crippen LogP contribution in [0.15, 0.2) is 24.3 Å². The van der Waals surface area contributed by atoms with Crippen LogP contribution >= 0.6 is 11.3 Å². The maximum Gasteiger partial charge on any atom is 0.341 e. The Morgan fingerprint density at radius 3 is 2.69 bits per heavy atom. The van der Waals surface area contributed by atoms with Gasteiger partial charge in [0.1, 0.15) is 10.6 Å². The molecule has 0 saturated carbocycles. The van der Waals surface area contributed by atoms with Gasteiger partial charge >= 0.3 is 5.97 Å². The maximum atomic E-state index is 12.7. The first-order chi connectivity index (χ1) is 13.8. The Labute approximate surface area is 170 Å². The second kappa shape index (κ2) is 8.39. The lowest BCUT2D eigenvalue weighted by Crippen LogP contribution is -2.34. The zero-order chi connectivity index (χ0) is 21.1. The molecule has 1 aliphatic rings. The number of thiophene rings is 1. The number of para-hydroxylation sites is 1. The topological polar surface area (TPSA) is 119 Å². The van der Waals surface area contributed by atoms with Gasteiger partial charge in [0.25, 0.3) is 11.6 Å². The predicted molar refractivity (Wildman–Crippen MR) is 106 cm³/mol. The molecule has 2 aromatic rings. The summed E-state index contributed by atoms with van der Waals surface area (Å²) in [6, 6.07) is 5.59. The lowest BCUT2D eigenvalue weighted by Gasteiger charge is -2.25. The minimum absolute atomic E-state index is 0.0766. The highest BCUT2D eigenvalue weighted by atomic mass is 32.1. The second-order valence-corrected chi connectivity index (χ2v) is 7.45. The van der Waals surface area contributed by atoms with Crippen molar-refractivity contribution in [3.05, 3.63) is 55.9 Å². The predicted octanol–water partition coefficient (Wildman–Crippen LogP) is 2.99. The first kappa shape index (κ1) is 20.5. The monoisotopic (exact) mass is 417 g/mol. The molecule has 1 aliphatic heterocycles. The average Bonchev–Trinajstić information content (AvgIpc) is 3.04. The number of ether oxygens (including phenoxy) is 1. The van der Waals surface area contributed by atoms with E-state index in [1.165, 1.54) is 42.5 Å². The zero-order valence-electron chi connectivity index (χ0n) is 15.9. The van der Waals surface area contributed by atoms with E-state index in [0.29, 0.717) is 19.5 Å². The van der Waals surface area contributed by atoms with Crippen molar-refractivity contribution in [2.45, 2.75) is 26.8 Å². The number of nitro benzene ring substituents is 1. The van der Waals surface area contributed by atoms with Crippen LogP contribution in [0.5, 0.6) is 0 Å². The van der Waals surface area contributed by atoms with Crippen LogP contribution in [0.25, 0.3) is 0 Å². The molecule has 1 aromatic carbocycles. The van der Waals surface area contributed by atoms with E-state index in [4.69, 9.17) is 4.74 Å². The van der Waals surface area contributed by atoms with Gasteiger partial charge in [-0.15, -0.1) is 11.3 Å². The summed E-state index contributed by atoms with van der Waals surface area (Å²) in [6.07, 6.45) is 0.459. The number of hydrogen-bond donors (Lipinski definition) is 1. The van der Waals surface area contributed by atoms with Gasteiger partial charge < -0.3 is 15.0 Å². The molecule has 152 valence electrons. The lowest BCUT2D eigenvalue weighted by molar-refractivity contribution is -0.385. The normalized spacial score (nSPS) is 12.8. The smallest absolute Gasteiger partial charge is 0.341 e. The summed E-state index contributed by atoms with van der Waals surface area (Å²) in [5.41, 5.74) is 0.557. The standard InChI is InChI=1S/C19H19N3O6S/c1-3-28-19(25)16-13-8-9-21(11(2)23)10-15(13)29-18(16)20-17(24)12-6-4-5-7-14(12)22(26)27/h4-7H,3,8-10H2,1-2H3,(H,20,24). The number of carbonyl (C=O) groups is 3. The Bertz CT molecular complexity index is 1000. The van der Waals surface area contributed by atoms with Gasteiger partial charge in [-0.05, 0) is 25.0 Å². The van der Waals surface area contributed by atoms with E-state index in [2.05, 4.69) is 5.32 Å². The number of hydrogen-bond acceptors (Lipinski definition) is 7. The molecule has 0 aliphatic carbocycles. The van der Waals surface area contributed by atoms with E-state index in [-0.39, 0.29) is 34.3 Å². The highest BCUT2D eigenvalue weighted by Crippen LogP contribution is 2.38. The van der Waals surface area contributed by atoms with Crippen LogP contribution in [0.2, 0.25) is 0 Å². The fourth-order valence-electron chi connectivity index (χ4n) is 3.17. The number of nitro groups is 1. The molecule has 0 radical (unpaired) electrons.